The van der Waals surface area contributed by atoms with Crippen LogP contribution in [0.2, 0.25) is 5.02 Å². The summed E-state index contributed by atoms with van der Waals surface area (Å²) in [6, 6.07) is 8.19. The lowest BCUT2D eigenvalue weighted by molar-refractivity contribution is 0.127. The van der Waals surface area contributed by atoms with E-state index in [1.165, 1.54) is 31.6 Å². The third kappa shape index (κ3) is 6.88. The van der Waals surface area contributed by atoms with Gasteiger partial charge in [0.2, 0.25) is 0 Å². The van der Waals surface area contributed by atoms with Crippen LogP contribution in [-0.4, -0.2) is 48.3 Å². The summed E-state index contributed by atoms with van der Waals surface area (Å²) in [5.74, 6) is 0.991. The van der Waals surface area contributed by atoms with Gasteiger partial charge in [-0.3, -0.25) is 4.90 Å². The minimum absolute atomic E-state index is 0. The highest BCUT2D eigenvalue weighted by Crippen LogP contribution is 2.13. The van der Waals surface area contributed by atoms with E-state index in [4.69, 9.17) is 11.6 Å². The van der Waals surface area contributed by atoms with Gasteiger partial charge in [-0.25, -0.2) is 0 Å². The number of hydrogen-bond acceptors (Lipinski definition) is 3. The van der Waals surface area contributed by atoms with Crippen LogP contribution >= 0.6 is 49.0 Å². The van der Waals surface area contributed by atoms with Gasteiger partial charge < -0.3 is 4.90 Å². The maximum atomic E-state index is 5.90. The summed E-state index contributed by atoms with van der Waals surface area (Å²) in [5.41, 5.74) is 1.35. The minimum atomic E-state index is 0. The van der Waals surface area contributed by atoms with E-state index in [-0.39, 0.29) is 24.8 Å². The van der Waals surface area contributed by atoms with Crippen LogP contribution in [0.3, 0.4) is 0 Å². The van der Waals surface area contributed by atoms with Gasteiger partial charge in [0.1, 0.15) is 0 Å². The smallest absolute Gasteiger partial charge is 0.0406 e. The summed E-state index contributed by atoms with van der Waals surface area (Å²) in [7, 11) is 0. The molecule has 0 saturated carbocycles. The molecule has 1 saturated heterocycles. The summed E-state index contributed by atoms with van der Waals surface area (Å²) in [4.78, 5) is 5.05. The Bertz CT molecular complexity index is 354. The van der Waals surface area contributed by atoms with Crippen LogP contribution in [0.15, 0.2) is 24.3 Å². The van der Waals surface area contributed by atoms with Gasteiger partial charge in [0.05, 0.1) is 0 Å². The van der Waals surface area contributed by atoms with E-state index in [2.05, 4.69) is 34.6 Å². The molecule has 0 atom stereocenters. The van der Waals surface area contributed by atoms with Crippen molar-refractivity contribution in [1.29, 1.82) is 0 Å². The van der Waals surface area contributed by atoms with E-state index < -0.39 is 0 Å². The fourth-order valence-electron chi connectivity index (χ4n) is 2.31. The van der Waals surface area contributed by atoms with Crippen molar-refractivity contribution in [3.05, 3.63) is 34.9 Å². The Balaban J connectivity index is 0.00000180. The molecule has 1 aliphatic heterocycles. The number of benzene rings is 1. The van der Waals surface area contributed by atoms with Crippen molar-refractivity contribution < 1.29 is 0 Å². The maximum absolute atomic E-state index is 5.90. The second-order valence-corrected chi connectivity index (χ2v) is 5.71. The summed E-state index contributed by atoms with van der Waals surface area (Å²) < 4.78 is 0. The van der Waals surface area contributed by atoms with Gasteiger partial charge in [-0.1, -0.05) is 23.7 Å². The van der Waals surface area contributed by atoms with Gasteiger partial charge in [-0.15, -0.1) is 24.8 Å². The molecule has 1 aliphatic rings. The molecule has 0 N–H and O–H groups in total. The van der Waals surface area contributed by atoms with Gasteiger partial charge >= 0.3 is 0 Å². The second-order valence-electron chi connectivity index (χ2n) is 4.82. The molecule has 1 aromatic carbocycles. The number of hydrogen-bond donors (Lipinski definition) is 1. The summed E-state index contributed by atoms with van der Waals surface area (Å²) in [6.07, 6.45) is 1.19. The zero-order chi connectivity index (χ0) is 12.8. The topological polar surface area (TPSA) is 6.48 Å². The summed E-state index contributed by atoms with van der Waals surface area (Å²) in [5, 5.41) is 0.815. The van der Waals surface area contributed by atoms with E-state index >= 15 is 0 Å². The minimum Gasteiger partial charge on any atom is -0.301 e. The molecule has 0 amide bonds. The lowest BCUT2D eigenvalue weighted by Crippen LogP contribution is -2.46. The first-order valence-electron chi connectivity index (χ1n) is 6.58. The Morgan fingerprint density at radius 2 is 1.50 bits per heavy atom. The van der Waals surface area contributed by atoms with Crippen molar-refractivity contribution in [3.8, 4) is 0 Å². The van der Waals surface area contributed by atoms with Crippen LogP contribution in [0.25, 0.3) is 0 Å². The molecule has 0 spiro atoms. The van der Waals surface area contributed by atoms with Crippen molar-refractivity contribution in [2.45, 2.75) is 13.0 Å². The van der Waals surface area contributed by atoms with Gasteiger partial charge in [0.25, 0.3) is 0 Å². The number of rotatable bonds is 5. The SMILES string of the molecule is Cl.Cl.SCCCN1CCN(Cc2ccc(Cl)cc2)CC1. The molecule has 1 aromatic rings. The van der Waals surface area contributed by atoms with Crippen LogP contribution in [0.5, 0.6) is 0 Å². The van der Waals surface area contributed by atoms with E-state index in [9.17, 15) is 0 Å². The summed E-state index contributed by atoms with van der Waals surface area (Å²) in [6.45, 7) is 6.92. The van der Waals surface area contributed by atoms with Crippen molar-refractivity contribution in [1.82, 2.24) is 9.80 Å². The third-order valence-electron chi connectivity index (χ3n) is 3.42. The van der Waals surface area contributed by atoms with E-state index in [0.29, 0.717) is 0 Å². The molecule has 0 aromatic heterocycles. The average molecular weight is 358 g/mol. The molecule has 2 nitrogen and oxygen atoms in total. The van der Waals surface area contributed by atoms with Crippen LogP contribution in [-0.2, 0) is 6.54 Å². The van der Waals surface area contributed by atoms with Gasteiger partial charge in [0, 0.05) is 37.7 Å². The predicted molar refractivity (Wildman–Crippen MR) is 96.1 cm³/mol. The maximum Gasteiger partial charge on any atom is 0.0406 e. The van der Waals surface area contributed by atoms with Crippen molar-refractivity contribution >= 4 is 49.0 Å². The quantitative estimate of drug-likeness (QED) is 0.804. The van der Waals surface area contributed by atoms with Crippen LogP contribution in [0.1, 0.15) is 12.0 Å². The van der Waals surface area contributed by atoms with E-state index in [0.717, 1.165) is 30.4 Å². The van der Waals surface area contributed by atoms with Crippen molar-refractivity contribution in [3.63, 3.8) is 0 Å². The molecule has 1 heterocycles. The molecule has 6 heteroatoms. The average Bonchev–Trinajstić information content (AvgIpc) is 2.41. The molecular weight excluding hydrogens is 335 g/mol. The number of halogens is 3. The monoisotopic (exact) mass is 356 g/mol. The molecule has 116 valence electrons. The highest BCUT2D eigenvalue weighted by atomic mass is 35.5. The zero-order valence-electron chi connectivity index (χ0n) is 11.5. The van der Waals surface area contributed by atoms with Gasteiger partial charge in [-0.05, 0) is 36.4 Å². The lowest BCUT2D eigenvalue weighted by Gasteiger charge is -2.34. The Morgan fingerprint density at radius 1 is 0.950 bits per heavy atom. The molecule has 20 heavy (non-hydrogen) atoms. The fourth-order valence-corrected chi connectivity index (χ4v) is 2.58. The second kappa shape index (κ2) is 11.0. The van der Waals surface area contributed by atoms with Gasteiger partial charge in [-0.2, -0.15) is 12.6 Å². The molecular formula is C14H23Cl3N2S. The van der Waals surface area contributed by atoms with Gasteiger partial charge in [0.15, 0.2) is 0 Å². The largest absolute Gasteiger partial charge is 0.301 e. The normalized spacial score (nSPS) is 16.3. The van der Waals surface area contributed by atoms with Crippen LogP contribution < -0.4 is 0 Å². The summed E-state index contributed by atoms with van der Waals surface area (Å²) >= 11 is 10.2. The Labute approximate surface area is 145 Å². The number of piperazine rings is 1. The fraction of sp³-hybridized carbons (Fsp3) is 0.571. The highest BCUT2D eigenvalue weighted by molar-refractivity contribution is 7.80. The molecule has 0 unspecified atom stereocenters. The molecule has 0 bridgehead atoms. The van der Waals surface area contributed by atoms with Crippen LogP contribution in [0.4, 0.5) is 0 Å². The van der Waals surface area contributed by atoms with Crippen molar-refractivity contribution in [2.24, 2.45) is 0 Å². The number of thiol groups is 1. The van der Waals surface area contributed by atoms with Crippen LogP contribution in [0, 0.1) is 0 Å². The molecule has 1 fully saturated rings. The predicted octanol–water partition coefficient (Wildman–Crippen LogP) is 3.62. The molecule has 0 aliphatic carbocycles. The molecule has 2 rings (SSSR count). The van der Waals surface area contributed by atoms with E-state index in [1.54, 1.807) is 0 Å². The zero-order valence-corrected chi connectivity index (χ0v) is 14.8. The van der Waals surface area contributed by atoms with Crippen molar-refractivity contribution in [2.75, 3.05) is 38.5 Å². The Morgan fingerprint density at radius 3 is 2.05 bits per heavy atom. The standard InChI is InChI=1S/C14H21ClN2S.2ClH/c15-14-4-2-13(3-5-14)12-17-9-7-16(8-10-17)6-1-11-18;;/h2-5,18H,1,6-12H2;2*1H. The highest BCUT2D eigenvalue weighted by Gasteiger charge is 2.16. The molecule has 0 radical (unpaired) electrons. The Hall–Kier alpha value is 0.360. The lowest BCUT2D eigenvalue weighted by atomic mass is 10.2. The number of nitrogens with zero attached hydrogens (tertiary/aromatic N) is 2. The first-order valence-corrected chi connectivity index (χ1v) is 7.59. The van der Waals surface area contributed by atoms with E-state index in [1.807, 2.05) is 12.1 Å². The Kier molecular flexibility index (Phi) is 11.2. The first-order chi connectivity index (χ1) is 8.78. The third-order valence-corrected chi connectivity index (χ3v) is 3.99. The first kappa shape index (κ1) is 20.4.